The van der Waals surface area contributed by atoms with Crippen molar-refractivity contribution in [1.82, 2.24) is 0 Å². The smallest absolute Gasteiger partial charge is 0.230 e. The van der Waals surface area contributed by atoms with E-state index in [0.29, 0.717) is 11.8 Å². The molecule has 0 radical (unpaired) electrons. The van der Waals surface area contributed by atoms with Crippen molar-refractivity contribution in [3.8, 4) is 5.75 Å². The zero-order valence-corrected chi connectivity index (χ0v) is 13.7. The van der Waals surface area contributed by atoms with Crippen LogP contribution in [0.4, 0.5) is 5.69 Å². The van der Waals surface area contributed by atoms with Gasteiger partial charge in [-0.05, 0) is 74.6 Å². The van der Waals surface area contributed by atoms with Gasteiger partial charge in [0.1, 0.15) is 5.75 Å². The summed E-state index contributed by atoms with van der Waals surface area (Å²) < 4.78 is 5.16. The van der Waals surface area contributed by atoms with Crippen LogP contribution in [0.25, 0.3) is 0 Å². The monoisotopic (exact) mass is 319 g/mol. The minimum Gasteiger partial charge on any atom is -0.497 e. The molecule has 4 atom stereocenters. The van der Waals surface area contributed by atoms with Gasteiger partial charge in [0.05, 0.1) is 12.5 Å². The number of halogens is 1. The highest BCUT2D eigenvalue weighted by atomic mass is 35.5. The fraction of sp³-hybridized carbons (Fsp3) is 0.611. The maximum atomic E-state index is 13.0. The van der Waals surface area contributed by atoms with Crippen molar-refractivity contribution >= 4 is 23.2 Å². The molecule has 0 saturated heterocycles. The van der Waals surface area contributed by atoms with E-state index in [1.807, 2.05) is 24.3 Å². The number of hydrogen-bond donors (Lipinski definition) is 1. The second-order valence-corrected chi connectivity index (χ2v) is 8.38. The Morgan fingerprint density at radius 1 is 1.18 bits per heavy atom. The molecule has 1 aromatic carbocycles. The molecule has 0 aliphatic heterocycles. The highest BCUT2D eigenvalue weighted by Gasteiger charge is 2.60. The summed E-state index contributed by atoms with van der Waals surface area (Å²) in [6.45, 7) is 0. The fourth-order valence-electron chi connectivity index (χ4n) is 5.35. The van der Waals surface area contributed by atoms with Gasteiger partial charge >= 0.3 is 0 Å². The molecule has 0 heterocycles. The topological polar surface area (TPSA) is 38.3 Å². The molecule has 0 spiro atoms. The normalized spacial score (nSPS) is 38.8. The number of amides is 1. The number of anilines is 1. The van der Waals surface area contributed by atoms with Gasteiger partial charge in [0.15, 0.2) is 0 Å². The van der Waals surface area contributed by atoms with E-state index in [1.54, 1.807) is 7.11 Å². The lowest BCUT2D eigenvalue weighted by Crippen LogP contribution is -2.57. The first-order valence-corrected chi connectivity index (χ1v) is 8.53. The van der Waals surface area contributed by atoms with Crippen molar-refractivity contribution in [1.29, 1.82) is 0 Å². The molecule has 4 aliphatic rings. The Kier molecular flexibility index (Phi) is 3.19. The average molecular weight is 320 g/mol. The van der Waals surface area contributed by atoms with Gasteiger partial charge in [0.25, 0.3) is 0 Å². The van der Waals surface area contributed by atoms with Crippen LogP contribution in [0.3, 0.4) is 0 Å². The number of ether oxygens (including phenoxy) is 1. The molecule has 2 unspecified atom stereocenters. The zero-order valence-electron chi connectivity index (χ0n) is 12.9. The molecule has 1 amide bonds. The van der Waals surface area contributed by atoms with Crippen LogP contribution in [-0.2, 0) is 4.79 Å². The Hall–Kier alpha value is -1.22. The molecule has 1 N–H and O–H groups in total. The van der Waals surface area contributed by atoms with Crippen LogP contribution >= 0.6 is 11.6 Å². The Labute approximate surface area is 136 Å². The van der Waals surface area contributed by atoms with Gasteiger partial charge in [-0.1, -0.05) is 0 Å². The molecule has 4 bridgehead atoms. The quantitative estimate of drug-likeness (QED) is 0.847. The summed E-state index contributed by atoms with van der Waals surface area (Å²) in [5.74, 6) is 2.24. The van der Waals surface area contributed by atoms with Crippen LogP contribution in [0, 0.1) is 17.3 Å². The van der Waals surface area contributed by atoms with Crippen molar-refractivity contribution < 1.29 is 9.53 Å². The van der Waals surface area contributed by atoms with Crippen LogP contribution in [-0.4, -0.2) is 17.9 Å². The molecule has 4 fully saturated rings. The van der Waals surface area contributed by atoms with Crippen molar-refractivity contribution in [3.05, 3.63) is 24.3 Å². The van der Waals surface area contributed by atoms with Crippen LogP contribution in [0.1, 0.15) is 38.5 Å². The first kappa shape index (κ1) is 14.4. The van der Waals surface area contributed by atoms with Crippen LogP contribution in [0.2, 0.25) is 0 Å². The lowest BCUT2D eigenvalue weighted by molar-refractivity contribution is -0.138. The van der Waals surface area contributed by atoms with Gasteiger partial charge in [-0.3, -0.25) is 4.79 Å². The Bertz CT molecular complexity index is 584. The van der Waals surface area contributed by atoms with Crippen molar-refractivity contribution in [3.63, 3.8) is 0 Å². The zero-order chi connectivity index (χ0) is 15.4. The lowest BCUT2D eigenvalue weighted by atomic mass is 9.49. The summed E-state index contributed by atoms with van der Waals surface area (Å²) in [6, 6.07) is 7.54. The van der Waals surface area contributed by atoms with E-state index < -0.39 is 0 Å². The maximum Gasteiger partial charge on any atom is 0.230 e. The minimum atomic E-state index is -0.244. The molecular formula is C18H22ClNO2. The molecule has 5 rings (SSSR count). The van der Waals surface area contributed by atoms with Gasteiger partial charge in [0, 0.05) is 10.6 Å². The third-order valence-electron chi connectivity index (χ3n) is 5.82. The molecule has 118 valence electrons. The van der Waals surface area contributed by atoms with Gasteiger partial charge in [-0.2, -0.15) is 0 Å². The Morgan fingerprint density at radius 2 is 1.82 bits per heavy atom. The minimum absolute atomic E-state index is 0.124. The van der Waals surface area contributed by atoms with Gasteiger partial charge in [-0.15, -0.1) is 11.6 Å². The number of methoxy groups -OCH3 is 1. The number of alkyl halides is 1. The molecule has 0 aromatic heterocycles. The number of hydrogen-bond acceptors (Lipinski definition) is 2. The summed E-state index contributed by atoms with van der Waals surface area (Å²) in [6.07, 6.45) is 6.34. The number of carbonyl (C=O) groups is 1. The lowest BCUT2D eigenvalue weighted by Gasteiger charge is -2.59. The van der Waals surface area contributed by atoms with Gasteiger partial charge < -0.3 is 10.1 Å². The summed E-state index contributed by atoms with van der Waals surface area (Å²) in [7, 11) is 1.64. The summed E-state index contributed by atoms with van der Waals surface area (Å²) in [4.78, 5) is 12.8. The molecule has 4 heteroatoms. The number of nitrogens with one attached hydrogen (secondary N) is 1. The third kappa shape index (κ3) is 2.30. The van der Waals surface area contributed by atoms with Crippen molar-refractivity contribution in [2.45, 2.75) is 43.4 Å². The Balaban J connectivity index is 1.54. The first-order valence-electron chi connectivity index (χ1n) is 8.15. The third-order valence-corrected chi connectivity index (χ3v) is 6.26. The number of carbonyl (C=O) groups excluding carboxylic acids is 1. The molecular weight excluding hydrogens is 298 g/mol. The van der Waals surface area contributed by atoms with Gasteiger partial charge in [-0.25, -0.2) is 0 Å². The molecule has 4 aliphatic carbocycles. The number of benzene rings is 1. The van der Waals surface area contributed by atoms with Crippen molar-refractivity contribution in [2.75, 3.05) is 12.4 Å². The second-order valence-electron chi connectivity index (χ2n) is 7.57. The Morgan fingerprint density at radius 3 is 2.36 bits per heavy atom. The largest absolute Gasteiger partial charge is 0.497 e. The second kappa shape index (κ2) is 4.89. The maximum absolute atomic E-state index is 13.0. The SMILES string of the molecule is COc1ccc(NC(=O)C23C[C@@H]4C[C@@H](CC(Cl)(C4)C2)C3)cc1. The van der Waals surface area contributed by atoms with E-state index >= 15 is 0 Å². The van der Waals surface area contributed by atoms with E-state index in [2.05, 4.69) is 5.32 Å². The molecule has 22 heavy (non-hydrogen) atoms. The van der Waals surface area contributed by atoms with E-state index in [0.717, 1.165) is 43.5 Å². The van der Waals surface area contributed by atoms with E-state index in [1.165, 1.54) is 6.42 Å². The predicted octanol–water partition coefficient (Wildman–Crippen LogP) is 4.21. The average Bonchev–Trinajstić information content (AvgIpc) is 2.45. The van der Waals surface area contributed by atoms with E-state index in [4.69, 9.17) is 16.3 Å². The first-order chi connectivity index (χ1) is 10.5. The van der Waals surface area contributed by atoms with Crippen molar-refractivity contribution in [2.24, 2.45) is 17.3 Å². The highest BCUT2D eigenvalue weighted by molar-refractivity contribution is 6.24. The summed E-state index contributed by atoms with van der Waals surface area (Å²) in [5, 5.41) is 3.11. The van der Waals surface area contributed by atoms with Crippen LogP contribution < -0.4 is 10.1 Å². The highest BCUT2D eigenvalue weighted by Crippen LogP contribution is 2.64. The molecule has 4 saturated carbocycles. The molecule has 1 aromatic rings. The van der Waals surface area contributed by atoms with Crippen LogP contribution in [0.15, 0.2) is 24.3 Å². The van der Waals surface area contributed by atoms with Crippen LogP contribution in [0.5, 0.6) is 5.75 Å². The summed E-state index contributed by atoms with van der Waals surface area (Å²) in [5.41, 5.74) is 0.594. The van der Waals surface area contributed by atoms with E-state index in [-0.39, 0.29) is 16.2 Å². The molecule has 3 nitrogen and oxygen atoms in total. The van der Waals surface area contributed by atoms with Gasteiger partial charge in [0.2, 0.25) is 5.91 Å². The fourth-order valence-corrected chi connectivity index (χ4v) is 6.05. The predicted molar refractivity (Wildman–Crippen MR) is 87.3 cm³/mol. The number of rotatable bonds is 3. The standard InChI is InChI=1S/C18H22ClNO2/c1-22-15-4-2-14(3-5-15)20-16(21)17-7-12-6-13(8-17)10-18(19,9-12)11-17/h2-5,12-13H,6-11H2,1H3,(H,20,21)/t12-,13+,17?,18?. The summed E-state index contributed by atoms with van der Waals surface area (Å²) >= 11 is 6.81. The van der Waals surface area contributed by atoms with E-state index in [9.17, 15) is 4.79 Å².